The Bertz CT molecular complexity index is 825. The summed E-state index contributed by atoms with van der Waals surface area (Å²) in [4.78, 5) is 0. The summed E-state index contributed by atoms with van der Waals surface area (Å²) in [7, 11) is 0. The van der Waals surface area contributed by atoms with E-state index in [0.29, 0.717) is 11.6 Å². The van der Waals surface area contributed by atoms with E-state index in [-0.39, 0.29) is 0 Å². The quantitative estimate of drug-likeness (QED) is 0.703. The monoisotopic (exact) mass is 327 g/mol. The fourth-order valence-corrected chi connectivity index (χ4v) is 2.68. The largest absolute Gasteiger partial charge is 0.494 e. The van der Waals surface area contributed by atoms with Crippen molar-refractivity contribution in [3.8, 4) is 22.8 Å². The Labute approximate surface area is 140 Å². The van der Waals surface area contributed by atoms with E-state index in [4.69, 9.17) is 16.3 Å². The number of benzene rings is 2. The molecule has 0 aliphatic heterocycles. The molecule has 0 unspecified atom stereocenters. The van der Waals surface area contributed by atoms with Gasteiger partial charge in [0.05, 0.1) is 6.61 Å². The van der Waals surface area contributed by atoms with Crippen molar-refractivity contribution in [1.29, 1.82) is 0 Å². The molecule has 0 amide bonds. The van der Waals surface area contributed by atoms with Crippen LogP contribution in [-0.2, 0) is 0 Å². The molecule has 0 aliphatic carbocycles. The zero-order chi connectivity index (χ0) is 16.4. The van der Waals surface area contributed by atoms with Crippen molar-refractivity contribution in [2.45, 2.75) is 20.8 Å². The molecule has 3 aromatic rings. The number of hydrogen-bond acceptors (Lipinski definition) is 3. The molecule has 0 spiro atoms. The minimum absolute atomic E-state index is 0.653. The predicted molar refractivity (Wildman–Crippen MR) is 92.4 cm³/mol. The molecule has 1 aromatic heterocycles. The lowest BCUT2D eigenvalue weighted by Gasteiger charge is -2.11. The van der Waals surface area contributed by atoms with Crippen molar-refractivity contribution in [3.63, 3.8) is 0 Å². The van der Waals surface area contributed by atoms with Gasteiger partial charge >= 0.3 is 0 Å². The second kappa shape index (κ2) is 6.42. The Morgan fingerprint density at radius 3 is 2.43 bits per heavy atom. The number of rotatable bonds is 4. The van der Waals surface area contributed by atoms with Crippen LogP contribution >= 0.6 is 11.6 Å². The molecule has 1 heterocycles. The van der Waals surface area contributed by atoms with Crippen LogP contribution in [-0.4, -0.2) is 21.4 Å². The summed E-state index contributed by atoms with van der Waals surface area (Å²) >= 11 is 5.98. The average molecular weight is 328 g/mol. The van der Waals surface area contributed by atoms with Crippen molar-refractivity contribution in [1.82, 2.24) is 14.8 Å². The van der Waals surface area contributed by atoms with Gasteiger partial charge in [-0.25, -0.2) is 0 Å². The minimum atomic E-state index is 0.653. The van der Waals surface area contributed by atoms with Gasteiger partial charge in [0.15, 0.2) is 5.82 Å². The van der Waals surface area contributed by atoms with E-state index in [0.717, 1.165) is 34.2 Å². The van der Waals surface area contributed by atoms with Gasteiger partial charge in [0, 0.05) is 16.3 Å². The van der Waals surface area contributed by atoms with E-state index >= 15 is 0 Å². The molecular weight excluding hydrogens is 310 g/mol. The standard InChI is InChI=1S/C18H18ClN3O/c1-4-23-17-10-5-14(11-12(17)2)18-21-20-13(3)22(18)16-8-6-15(19)7-9-16/h5-11H,4H2,1-3H3. The molecule has 0 aliphatic rings. The summed E-state index contributed by atoms with van der Waals surface area (Å²) in [6, 6.07) is 13.7. The van der Waals surface area contributed by atoms with E-state index in [1.54, 1.807) is 0 Å². The number of hydrogen-bond donors (Lipinski definition) is 0. The van der Waals surface area contributed by atoms with Crippen molar-refractivity contribution in [2.75, 3.05) is 6.61 Å². The lowest BCUT2D eigenvalue weighted by Crippen LogP contribution is -2.00. The maximum Gasteiger partial charge on any atom is 0.168 e. The molecule has 23 heavy (non-hydrogen) atoms. The Morgan fingerprint density at radius 2 is 1.78 bits per heavy atom. The first-order valence-electron chi connectivity index (χ1n) is 7.52. The van der Waals surface area contributed by atoms with Crippen LogP contribution in [0.5, 0.6) is 5.75 Å². The third-order valence-corrected chi connectivity index (χ3v) is 3.89. The van der Waals surface area contributed by atoms with Gasteiger partial charge in [-0.1, -0.05) is 11.6 Å². The summed E-state index contributed by atoms with van der Waals surface area (Å²) in [6.07, 6.45) is 0. The Morgan fingerprint density at radius 1 is 1.04 bits per heavy atom. The maximum atomic E-state index is 5.98. The Kier molecular flexibility index (Phi) is 4.35. The number of halogens is 1. The van der Waals surface area contributed by atoms with Crippen LogP contribution in [0, 0.1) is 13.8 Å². The van der Waals surface area contributed by atoms with Crippen molar-refractivity contribution >= 4 is 11.6 Å². The summed E-state index contributed by atoms with van der Waals surface area (Å²) in [5.74, 6) is 2.52. The van der Waals surface area contributed by atoms with E-state index < -0.39 is 0 Å². The fourth-order valence-electron chi connectivity index (χ4n) is 2.55. The zero-order valence-corrected chi connectivity index (χ0v) is 14.1. The second-order valence-corrected chi connectivity index (χ2v) is 5.73. The van der Waals surface area contributed by atoms with Gasteiger partial charge in [0.25, 0.3) is 0 Å². The normalized spacial score (nSPS) is 10.8. The lowest BCUT2D eigenvalue weighted by molar-refractivity contribution is 0.338. The van der Waals surface area contributed by atoms with Crippen molar-refractivity contribution < 1.29 is 4.74 Å². The molecule has 5 heteroatoms. The van der Waals surface area contributed by atoms with Crippen LogP contribution in [0.4, 0.5) is 0 Å². The van der Waals surface area contributed by atoms with Crippen LogP contribution in [0.3, 0.4) is 0 Å². The van der Waals surface area contributed by atoms with E-state index in [1.807, 2.05) is 61.7 Å². The third-order valence-electron chi connectivity index (χ3n) is 3.64. The minimum Gasteiger partial charge on any atom is -0.494 e. The Balaban J connectivity index is 2.08. The highest BCUT2D eigenvalue weighted by atomic mass is 35.5. The van der Waals surface area contributed by atoms with Crippen LogP contribution in [0.1, 0.15) is 18.3 Å². The van der Waals surface area contributed by atoms with Gasteiger partial charge in [0.1, 0.15) is 11.6 Å². The van der Waals surface area contributed by atoms with Gasteiger partial charge in [0.2, 0.25) is 0 Å². The van der Waals surface area contributed by atoms with Gasteiger partial charge in [-0.3, -0.25) is 4.57 Å². The molecule has 0 bridgehead atoms. The highest BCUT2D eigenvalue weighted by Crippen LogP contribution is 2.28. The molecule has 2 aromatic carbocycles. The summed E-state index contributed by atoms with van der Waals surface area (Å²) in [5, 5.41) is 9.28. The summed E-state index contributed by atoms with van der Waals surface area (Å²) in [5.41, 5.74) is 3.06. The van der Waals surface area contributed by atoms with Crippen LogP contribution in [0.2, 0.25) is 5.02 Å². The van der Waals surface area contributed by atoms with Gasteiger partial charge in [-0.05, 0) is 68.8 Å². The lowest BCUT2D eigenvalue weighted by atomic mass is 10.1. The third kappa shape index (κ3) is 3.08. The molecule has 0 N–H and O–H groups in total. The predicted octanol–water partition coefficient (Wildman–Crippen LogP) is 4.60. The number of aromatic nitrogens is 3. The number of ether oxygens (including phenoxy) is 1. The van der Waals surface area contributed by atoms with Gasteiger partial charge < -0.3 is 4.74 Å². The van der Waals surface area contributed by atoms with E-state index in [9.17, 15) is 0 Å². The van der Waals surface area contributed by atoms with Gasteiger partial charge in [-0.2, -0.15) is 0 Å². The van der Waals surface area contributed by atoms with Crippen LogP contribution in [0.15, 0.2) is 42.5 Å². The van der Waals surface area contributed by atoms with E-state index in [2.05, 4.69) is 16.3 Å². The molecule has 0 radical (unpaired) electrons. The van der Waals surface area contributed by atoms with E-state index in [1.165, 1.54) is 0 Å². The van der Waals surface area contributed by atoms with Crippen molar-refractivity contribution in [3.05, 3.63) is 58.9 Å². The number of aryl methyl sites for hydroxylation is 2. The molecule has 0 fully saturated rings. The first-order valence-corrected chi connectivity index (χ1v) is 7.89. The fraction of sp³-hybridized carbons (Fsp3) is 0.222. The van der Waals surface area contributed by atoms with Crippen LogP contribution in [0.25, 0.3) is 17.1 Å². The van der Waals surface area contributed by atoms with Gasteiger partial charge in [-0.15, -0.1) is 10.2 Å². The summed E-state index contributed by atoms with van der Waals surface area (Å²) < 4.78 is 7.62. The highest BCUT2D eigenvalue weighted by Gasteiger charge is 2.14. The molecule has 0 atom stereocenters. The molecular formula is C18H18ClN3O. The van der Waals surface area contributed by atoms with Crippen LogP contribution < -0.4 is 4.74 Å². The maximum absolute atomic E-state index is 5.98. The second-order valence-electron chi connectivity index (χ2n) is 5.30. The smallest absolute Gasteiger partial charge is 0.168 e. The molecule has 3 rings (SSSR count). The molecule has 0 saturated carbocycles. The SMILES string of the molecule is CCOc1ccc(-c2nnc(C)n2-c2ccc(Cl)cc2)cc1C. The molecule has 4 nitrogen and oxygen atoms in total. The first kappa shape index (κ1) is 15.6. The average Bonchev–Trinajstić information content (AvgIpc) is 2.92. The first-order chi connectivity index (χ1) is 11.1. The zero-order valence-electron chi connectivity index (χ0n) is 13.4. The topological polar surface area (TPSA) is 39.9 Å². The van der Waals surface area contributed by atoms with Crippen molar-refractivity contribution in [2.24, 2.45) is 0 Å². The molecule has 0 saturated heterocycles. The number of nitrogens with zero attached hydrogens (tertiary/aromatic N) is 3. The molecule has 118 valence electrons. The summed E-state index contributed by atoms with van der Waals surface area (Å²) in [6.45, 7) is 6.60. The highest BCUT2D eigenvalue weighted by molar-refractivity contribution is 6.30. The Hall–Kier alpha value is -2.33.